The lowest BCUT2D eigenvalue weighted by molar-refractivity contribution is 0.596. The summed E-state index contributed by atoms with van der Waals surface area (Å²) in [6.07, 6.45) is 1.66. The number of nitrogens with two attached hydrogens (primary N) is 1. The number of hydrogen-bond donors (Lipinski definition) is 2. The van der Waals surface area contributed by atoms with Crippen molar-refractivity contribution >= 4 is 28.4 Å². The van der Waals surface area contributed by atoms with Gasteiger partial charge in [0.05, 0.1) is 5.52 Å². The van der Waals surface area contributed by atoms with Crippen LogP contribution in [0, 0.1) is 0 Å². The molecule has 2 heterocycles. The fraction of sp³-hybridized carbons (Fsp3) is 0.0769. The molecule has 0 aliphatic rings. The van der Waals surface area contributed by atoms with Crippen molar-refractivity contribution < 1.29 is 0 Å². The minimum atomic E-state index is -0.807. The lowest BCUT2D eigenvalue weighted by Crippen LogP contribution is -2.33. The Bertz CT molecular complexity index is 947. The van der Waals surface area contributed by atoms with Gasteiger partial charge < -0.3 is 5.73 Å². The molecule has 0 saturated heterocycles. The Morgan fingerprint density at radius 3 is 2.90 bits per heavy atom. The van der Waals surface area contributed by atoms with Gasteiger partial charge in [-0.25, -0.2) is 0 Å². The number of hydrogen-bond acceptors (Lipinski definition) is 6. The van der Waals surface area contributed by atoms with E-state index in [0.29, 0.717) is 10.8 Å². The molecule has 0 unspecified atom stereocenters. The highest BCUT2D eigenvalue weighted by atomic mass is 32.2. The summed E-state index contributed by atoms with van der Waals surface area (Å²) in [6, 6.07) is 7.25. The van der Waals surface area contributed by atoms with Crippen molar-refractivity contribution in [2.45, 2.75) is 10.1 Å². The minimum Gasteiger partial charge on any atom is -0.399 e. The number of H-pyrrole nitrogens is 1. The van der Waals surface area contributed by atoms with Gasteiger partial charge in [0.2, 0.25) is 0 Å². The van der Waals surface area contributed by atoms with E-state index in [1.165, 1.54) is 16.4 Å². The monoisotopic (exact) mass is 301 g/mol. The molecule has 0 spiro atoms. The van der Waals surface area contributed by atoms with E-state index in [0.717, 1.165) is 15.8 Å². The summed E-state index contributed by atoms with van der Waals surface area (Å²) in [4.78, 5) is 31.5. The minimum absolute atomic E-state index is 0.393. The van der Waals surface area contributed by atoms with Gasteiger partial charge >= 0.3 is 11.1 Å². The van der Waals surface area contributed by atoms with Gasteiger partial charge in [-0.1, -0.05) is 0 Å². The van der Waals surface area contributed by atoms with E-state index in [9.17, 15) is 9.59 Å². The third-order valence-corrected chi connectivity index (χ3v) is 4.00. The van der Waals surface area contributed by atoms with Crippen LogP contribution in [-0.4, -0.2) is 19.7 Å². The first-order chi connectivity index (χ1) is 10.0. The first-order valence-corrected chi connectivity index (χ1v) is 6.86. The molecule has 0 radical (unpaired) electrons. The molecular formula is C13H11N5O2S. The van der Waals surface area contributed by atoms with Crippen LogP contribution in [0.25, 0.3) is 10.9 Å². The highest BCUT2D eigenvalue weighted by Crippen LogP contribution is 2.31. The summed E-state index contributed by atoms with van der Waals surface area (Å²) >= 11 is 1.27. The van der Waals surface area contributed by atoms with Crippen molar-refractivity contribution in [2.75, 3.05) is 5.73 Å². The summed E-state index contributed by atoms with van der Waals surface area (Å²) in [6.45, 7) is 0. The molecule has 1 aromatic carbocycles. The number of aromatic amines is 1. The topological polar surface area (TPSA) is 107 Å². The second kappa shape index (κ2) is 5.06. The molecule has 0 aliphatic heterocycles. The van der Waals surface area contributed by atoms with Crippen LogP contribution >= 0.6 is 11.8 Å². The Morgan fingerprint density at radius 2 is 2.10 bits per heavy atom. The molecule has 21 heavy (non-hydrogen) atoms. The average molecular weight is 301 g/mol. The number of nitrogens with zero attached hydrogens (tertiary/aromatic N) is 3. The maximum Gasteiger partial charge on any atom is 0.339 e. The zero-order chi connectivity index (χ0) is 15.0. The molecule has 0 aliphatic carbocycles. The van der Waals surface area contributed by atoms with Crippen LogP contribution in [0.2, 0.25) is 0 Å². The maximum atomic E-state index is 11.4. The lowest BCUT2D eigenvalue weighted by atomic mass is 10.2. The van der Waals surface area contributed by atoms with Crippen molar-refractivity contribution in [1.29, 1.82) is 0 Å². The number of aromatic nitrogens is 4. The van der Waals surface area contributed by atoms with Gasteiger partial charge in [-0.2, -0.15) is 4.98 Å². The van der Waals surface area contributed by atoms with E-state index in [4.69, 9.17) is 5.73 Å². The van der Waals surface area contributed by atoms with Crippen molar-refractivity contribution in [1.82, 2.24) is 19.7 Å². The lowest BCUT2D eigenvalue weighted by Gasteiger charge is -2.08. The molecule has 3 rings (SSSR count). The standard InChI is InChI=1S/C13H11N5O2S/c1-18-13(16-11(19)12(20)17-18)21-10-4-5-15-9-6-7(14)2-3-8(9)10/h2-6H,14H2,1H3,(H,17,20). The van der Waals surface area contributed by atoms with Crippen LogP contribution in [0.4, 0.5) is 5.69 Å². The molecule has 3 N–H and O–H groups in total. The van der Waals surface area contributed by atoms with Crippen LogP contribution in [0.3, 0.4) is 0 Å². The third kappa shape index (κ3) is 2.52. The predicted molar refractivity (Wildman–Crippen MR) is 80.4 cm³/mol. The van der Waals surface area contributed by atoms with Gasteiger partial charge in [0.25, 0.3) is 0 Å². The number of rotatable bonds is 2. The highest BCUT2D eigenvalue weighted by Gasteiger charge is 2.09. The van der Waals surface area contributed by atoms with E-state index >= 15 is 0 Å². The largest absolute Gasteiger partial charge is 0.399 e. The molecule has 8 heteroatoms. The van der Waals surface area contributed by atoms with E-state index in [-0.39, 0.29) is 0 Å². The summed E-state index contributed by atoms with van der Waals surface area (Å²) in [7, 11) is 1.62. The van der Waals surface area contributed by atoms with Crippen molar-refractivity contribution in [2.24, 2.45) is 7.05 Å². The Balaban J connectivity index is 2.12. The van der Waals surface area contributed by atoms with Gasteiger partial charge in [-0.15, -0.1) is 0 Å². The molecule has 0 amide bonds. The smallest absolute Gasteiger partial charge is 0.339 e. The second-order valence-electron chi connectivity index (χ2n) is 4.39. The molecule has 0 atom stereocenters. The number of nitrogens with one attached hydrogen (secondary N) is 1. The summed E-state index contributed by atoms with van der Waals surface area (Å²) in [5.74, 6) is 0. The Hall–Kier alpha value is -2.61. The molecule has 0 saturated carbocycles. The summed E-state index contributed by atoms with van der Waals surface area (Å²) in [5, 5.41) is 3.71. The average Bonchev–Trinajstić information content (AvgIpc) is 2.44. The quantitative estimate of drug-likeness (QED) is 0.534. The van der Waals surface area contributed by atoms with Gasteiger partial charge in [-0.3, -0.25) is 24.4 Å². The fourth-order valence-corrected chi connectivity index (χ4v) is 2.80. The van der Waals surface area contributed by atoms with E-state index in [2.05, 4.69) is 15.1 Å². The van der Waals surface area contributed by atoms with Gasteiger partial charge in [0.1, 0.15) is 0 Å². The zero-order valence-corrected chi connectivity index (χ0v) is 11.8. The molecule has 2 aromatic heterocycles. The Labute approximate surface area is 122 Å². The fourth-order valence-electron chi connectivity index (χ4n) is 1.88. The van der Waals surface area contributed by atoms with Crippen molar-refractivity contribution in [3.8, 4) is 0 Å². The normalized spacial score (nSPS) is 10.9. The van der Waals surface area contributed by atoms with Crippen LogP contribution in [0.5, 0.6) is 0 Å². The van der Waals surface area contributed by atoms with Crippen LogP contribution in [-0.2, 0) is 7.05 Å². The first kappa shape index (κ1) is 13.4. The maximum absolute atomic E-state index is 11.4. The summed E-state index contributed by atoms with van der Waals surface area (Å²) in [5.41, 5.74) is 5.58. The van der Waals surface area contributed by atoms with Crippen molar-refractivity contribution in [3.05, 3.63) is 51.2 Å². The summed E-state index contributed by atoms with van der Waals surface area (Å²) < 4.78 is 1.41. The number of anilines is 1. The second-order valence-corrected chi connectivity index (χ2v) is 5.40. The SMILES string of the molecule is Cn1[nH]c(=O)c(=O)nc1Sc1ccnc2cc(N)ccc12. The molecule has 0 bridgehead atoms. The number of nitrogen functional groups attached to an aromatic ring is 1. The Kier molecular flexibility index (Phi) is 3.22. The van der Waals surface area contributed by atoms with E-state index in [1.807, 2.05) is 12.1 Å². The van der Waals surface area contributed by atoms with Crippen molar-refractivity contribution in [3.63, 3.8) is 0 Å². The molecule has 106 valence electrons. The van der Waals surface area contributed by atoms with E-state index in [1.54, 1.807) is 25.4 Å². The Morgan fingerprint density at radius 1 is 1.29 bits per heavy atom. The first-order valence-electron chi connectivity index (χ1n) is 6.04. The predicted octanol–water partition coefficient (Wildman–Crippen LogP) is 0.750. The molecule has 3 aromatic rings. The van der Waals surface area contributed by atoms with Gasteiger partial charge in [0, 0.05) is 29.2 Å². The van der Waals surface area contributed by atoms with Gasteiger partial charge in [-0.05, 0) is 36.0 Å². The number of pyridine rings is 1. The zero-order valence-electron chi connectivity index (χ0n) is 11.0. The highest BCUT2D eigenvalue weighted by molar-refractivity contribution is 7.99. The third-order valence-electron chi connectivity index (χ3n) is 2.88. The molecular weight excluding hydrogens is 290 g/mol. The van der Waals surface area contributed by atoms with Crippen LogP contribution < -0.4 is 16.9 Å². The molecule has 7 nitrogen and oxygen atoms in total. The van der Waals surface area contributed by atoms with Crippen LogP contribution in [0.1, 0.15) is 0 Å². The van der Waals surface area contributed by atoms with E-state index < -0.39 is 11.1 Å². The molecule has 0 fully saturated rings. The number of fused-ring (bicyclic) bond motifs is 1. The number of benzene rings is 1. The van der Waals surface area contributed by atoms with Gasteiger partial charge in [0.15, 0.2) is 5.16 Å². The van der Waals surface area contributed by atoms with Crippen LogP contribution in [0.15, 0.2) is 50.1 Å². The number of aryl methyl sites for hydroxylation is 1.